The van der Waals surface area contributed by atoms with E-state index in [0.717, 1.165) is 17.2 Å². The van der Waals surface area contributed by atoms with Crippen LogP contribution in [0, 0.1) is 11.6 Å². The molecule has 1 aromatic heterocycles. The van der Waals surface area contributed by atoms with Gasteiger partial charge in [0.1, 0.15) is 17.2 Å². The highest BCUT2D eigenvalue weighted by molar-refractivity contribution is 5.68. The monoisotopic (exact) mass is 449 g/mol. The number of pyridine rings is 1. The molecule has 2 atom stereocenters. The van der Waals surface area contributed by atoms with Gasteiger partial charge in [0.15, 0.2) is 0 Å². The molecule has 2 aromatic rings. The Balaban J connectivity index is 2.05. The molecule has 176 valence electrons. The Hall–Kier alpha value is -2.58. The number of carbonyl (C=O) groups is 1. The summed E-state index contributed by atoms with van der Waals surface area (Å²) < 4.78 is 32.5. The van der Waals surface area contributed by atoms with Gasteiger partial charge in [0.2, 0.25) is 0 Å². The maximum absolute atomic E-state index is 13.6. The van der Waals surface area contributed by atoms with Crippen molar-refractivity contribution in [2.75, 3.05) is 6.54 Å². The van der Waals surface area contributed by atoms with Gasteiger partial charge in [-0.2, -0.15) is 0 Å². The Morgan fingerprint density at radius 3 is 2.34 bits per heavy atom. The second-order valence-corrected chi connectivity index (χ2v) is 9.21. The standard InChI is InChI=1S/C24H33F2N3O3/c1-15(2)18-6-17(11-27-13-18)12-28-14-22(30)21(29-23(31)32-24(3,4)5)9-16-7-19(25)10-20(26)8-16/h6-8,10-11,13,15,21-22,28,30H,9,12,14H2,1-5H3,(H,29,31). The number of hydrogen-bond acceptors (Lipinski definition) is 5. The van der Waals surface area contributed by atoms with Gasteiger partial charge in [0, 0.05) is 31.5 Å². The molecule has 0 bridgehead atoms. The lowest BCUT2D eigenvalue weighted by Crippen LogP contribution is -2.49. The van der Waals surface area contributed by atoms with Crippen LogP contribution in [-0.2, 0) is 17.7 Å². The lowest BCUT2D eigenvalue weighted by Gasteiger charge is -2.27. The molecule has 2 rings (SSSR count). The van der Waals surface area contributed by atoms with Gasteiger partial charge in [-0.1, -0.05) is 19.9 Å². The van der Waals surface area contributed by atoms with Crippen molar-refractivity contribution >= 4 is 6.09 Å². The predicted molar refractivity (Wildman–Crippen MR) is 119 cm³/mol. The number of amides is 1. The van der Waals surface area contributed by atoms with Gasteiger partial charge in [-0.15, -0.1) is 0 Å². The number of nitrogens with zero attached hydrogens (tertiary/aromatic N) is 1. The van der Waals surface area contributed by atoms with E-state index < -0.39 is 35.5 Å². The molecule has 1 heterocycles. The minimum Gasteiger partial charge on any atom is -0.444 e. The SMILES string of the molecule is CC(C)c1cncc(CNCC(O)C(Cc2cc(F)cc(F)c2)NC(=O)OC(C)(C)C)c1. The van der Waals surface area contributed by atoms with Crippen LogP contribution in [0.5, 0.6) is 0 Å². The normalized spacial score (nSPS) is 13.7. The van der Waals surface area contributed by atoms with Gasteiger partial charge < -0.3 is 20.5 Å². The van der Waals surface area contributed by atoms with Gasteiger partial charge in [-0.05, 0) is 61.9 Å². The Morgan fingerprint density at radius 2 is 1.75 bits per heavy atom. The van der Waals surface area contributed by atoms with Crippen LogP contribution in [0.1, 0.15) is 57.2 Å². The average Bonchev–Trinajstić information content (AvgIpc) is 2.65. The molecule has 0 spiro atoms. The molecule has 0 fully saturated rings. The van der Waals surface area contributed by atoms with Crippen LogP contribution < -0.4 is 10.6 Å². The number of nitrogens with one attached hydrogen (secondary N) is 2. The Morgan fingerprint density at radius 1 is 1.09 bits per heavy atom. The molecule has 6 nitrogen and oxygen atoms in total. The number of alkyl carbamates (subject to hydrolysis) is 1. The maximum Gasteiger partial charge on any atom is 0.407 e. The minimum absolute atomic E-state index is 0.0289. The lowest BCUT2D eigenvalue weighted by atomic mass is 10.0. The van der Waals surface area contributed by atoms with Crippen molar-refractivity contribution in [2.45, 2.75) is 71.2 Å². The third kappa shape index (κ3) is 8.88. The summed E-state index contributed by atoms with van der Waals surface area (Å²) in [6.45, 7) is 9.95. The fourth-order valence-electron chi connectivity index (χ4n) is 3.15. The molecule has 3 N–H and O–H groups in total. The highest BCUT2D eigenvalue weighted by atomic mass is 19.1. The van der Waals surface area contributed by atoms with Crippen LogP contribution in [0.15, 0.2) is 36.7 Å². The van der Waals surface area contributed by atoms with Crippen molar-refractivity contribution in [3.8, 4) is 0 Å². The van der Waals surface area contributed by atoms with Crippen LogP contribution >= 0.6 is 0 Å². The zero-order chi connectivity index (χ0) is 23.9. The summed E-state index contributed by atoms with van der Waals surface area (Å²) in [6.07, 6.45) is 1.85. The summed E-state index contributed by atoms with van der Waals surface area (Å²) in [6, 6.07) is 4.35. The van der Waals surface area contributed by atoms with Crippen molar-refractivity contribution in [1.29, 1.82) is 0 Å². The third-order valence-corrected chi connectivity index (χ3v) is 4.71. The smallest absolute Gasteiger partial charge is 0.407 e. The molecule has 2 unspecified atom stereocenters. The molecule has 32 heavy (non-hydrogen) atoms. The minimum atomic E-state index is -1.03. The van der Waals surface area contributed by atoms with Crippen LogP contribution in [0.2, 0.25) is 0 Å². The molecule has 1 amide bonds. The number of aliphatic hydroxyl groups is 1. The number of aliphatic hydroxyl groups excluding tert-OH is 1. The van der Waals surface area contributed by atoms with Crippen molar-refractivity contribution < 1.29 is 23.4 Å². The Bertz CT molecular complexity index is 880. The molecule has 0 saturated heterocycles. The summed E-state index contributed by atoms with van der Waals surface area (Å²) in [5.74, 6) is -1.09. The van der Waals surface area contributed by atoms with E-state index in [9.17, 15) is 18.7 Å². The van der Waals surface area contributed by atoms with Crippen molar-refractivity contribution in [3.63, 3.8) is 0 Å². The second kappa shape index (κ2) is 11.3. The highest BCUT2D eigenvalue weighted by Gasteiger charge is 2.25. The average molecular weight is 450 g/mol. The number of carbonyl (C=O) groups excluding carboxylic acids is 1. The van der Waals surface area contributed by atoms with Gasteiger partial charge in [-0.3, -0.25) is 4.98 Å². The molecule has 0 radical (unpaired) electrons. The molecule has 0 aliphatic heterocycles. The van der Waals surface area contributed by atoms with E-state index >= 15 is 0 Å². The fourth-order valence-corrected chi connectivity index (χ4v) is 3.15. The number of halogens is 2. The first kappa shape index (κ1) is 25.7. The summed E-state index contributed by atoms with van der Waals surface area (Å²) in [7, 11) is 0. The molecule has 8 heteroatoms. The van der Waals surface area contributed by atoms with E-state index in [1.165, 1.54) is 12.1 Å². The van der Waals surface area contributed by atoms with Crippen molar-refractivity contribution in [2.24, 2.45) is 0 Å². The van der Waals surface area contributed by atoms with Crippen LogP contribution in [0.4, 0.5) is 13.6 Å². The van der Waals surface area contributed by atoms with E-state index in [-0.39, 0.29) is 13.0 Å². The first-order valence-corrected chi connectivity index (χ1v) is 10.7. The molecule has 0 aliphatic carbocycles. The molecule has 0 aliphatic rings. The van der Waals surface area contributed by atoms with Gasteiger partial charge in [0.05, 0.1) is 12.1 Å². The predicted octanol–water partition coefficient (Wildman–Crippen LogP) is 4.07. The molecule has 1 aromatic carbocycles. The fraction of sp³-hybridized carbons (Fsp3) is 0.500. The Labute approximate surface area is 188 Å². The number of rotatable bonds is 9. The van der Waals surface area contributed by atoms with Crippen molar-refractivity contribution in [1.82, 2.24) is 15.6 Å². The zero-order valence-electron chi connectivity index (χ0n) is 19.3. The van der Waals surface area contributed by atoms with E-state index in [1.807, 2.05) is 12.3 Å². The summed E-state index contributed by atoms with van der Waals surface area (Å²) in [4.78, 5) is 16.5. The topological polar surface area (TPSA) is 83.5 Å². The van der Waals surface area contributed by atoms with Crippen LogP contribution in [-0.4, -0.2) is 40.5 Å². The zero-order valence-corrected chi connectivity index (χ0v) is 19.3. The van der Waals surface area contributed by atoms with Gasteiger partial charge in [-0.25, -0.2) is 13.6 Å². The van der Waals surface area contributed by atoms with E-state index in [4.69, 9.17) is 4.74 Å². The summed E-state index contributed by atoms with van der Waals surface area (Å²) in [5, 5.41) is 16.5. The van der Waals surface area contributed by atoms with Crippen LogP contribution in [0.25, 0.3) is 0 Å². The van der Waals surface area contributed by atoms with Crippen molar-refractivity contribution in [3.05, 3.63) is 65.0 Å². The van der Waals surface area contributed by atoms with E-state index in [1.54, 1.807) is 27.0 Å². The quantitative estimate of drug-likeness (QED) is 0.538. The Kier molecular flexibility index (Phi) is 9.09. The first-order chi connectivity index (χ1) is 14.9. The number of hydrogen-bond donors (Lipinski definition) is 3. The number of benzene rings is 1. The van der Waals surface area contributed by atoms with Gasteiger partial charge in [0.25, 0.3) is 0 Å². The van der Waals surface area contributed by atoms with Gasteiger partial charge >= 0.3 is 6.09 Å². The molecular formula is C24H33F2N3O3. The molecular weight excluding hydrogens is 416 g/mol. The summed E-state index contributed by atoms with van der Waals surface area (Å²) >= 11 is 0. The number of aromatic nitrogens is 1. The van der Waals surface area contributed by atoms with E-state index in [0.29, 0.717) is 18.0 Å². The largest absolute Gasteiger partial charge is 0.444 e. The third-order valence-electron chi connectivity index (χ3n) is 4.71. The van der Waals surface area contributed by atoms with E-state index in [2.05, 4.69) is 29.5 Å². The lowest BCUT2D eigenvalue weighted by molar-refractivity contribution is 0.0422. The first-order valence-electron chi connectivity index (χ1n) is 10.7. The highest BCUT2D eigenvalue weighted by Crippen LogP contribution is 2.15. The summed E-state index contributed by atoms with van der Waals surface area (Å²) in [5.41, 5.74) is 1.67. The van der Waals surface area contributed by atoms with Crippen LogP contribution in [0.3, 0.4) is 0 Å². The molecule has 0 saturated carbocycles. The second-order valence-electron chi connectivity index (χ2n) is 9.21. The maximum atomic E-state index is 13.6. The number of ether oxygens (including phenoxy) is 1.